The van der Waals surface area contributed by atoms with E-state index in [-0.39, 0.29) is 18.3 Å². The summed E-state index contributed by atoms with van der Waals surface area (Å²) in [7, 11) is 0. The first kappa shape index (κ1) is 16.3. The summed E-state index contributed by atoms with van der Waals surface area (Å²) < 4.78 is 5.93. The molecule has 3 heterocycles. The van der Waals surface area contributed by atoms with Gasteiger partial charge in [-0.2, -0.15) is 0 Å². The van der Waals surface area contributed by atoms with Gasteiger partial charge < -0.3 is 14.7 Å². The lowest BCUT2D eigenvalue weighted by Gasteiger charge is -2.17. The zero-order valence-corrected chi connectivity index (χ0v) is 13.6. The van der Waals surface area contributed by atoms with Crippen LogP contribution in [0.5, 0.6) is 0 Å². The number of rotatable bonds is 2. The Kier molecular flexibility index (Phi) is 5.64. The average Bonchev–Trinajstić information content (AvgIpc) is 3.00. The average molecular weight is 348 g/mol. The molecule has 2 aromatic heterocycles. The topological polar surface area (TPSA) is 58.4 Å². The van der Waals surface area contributed by atoms with Gasteiger partial charge in [0.25, 0.3) is 5.91 Å². The molecule has 3 rings (SSSR count). The second-order valence-electron chi connectivity index (χ2n) is 4.58. The Bertz CT molecular complexity index is 606. The first-order valence-corrected chi connectivity index (χ1v) is 7.66. The fourth-order valence-corrected chi connectivity index (χ4v) is 3.14. The monoisotopic (exact) mass is 347 g/mol. The Labute approximate surface area is 137 Å². The Morgan fingerprint density at radius 2 is 2.24 bits per heavy atom. The quantitative estimate of drug-likeness (QED) is 0.907. The minimum Gasteiger partial charge on any atom is -0.355 e. The lowest BCUT2D eigenvalue weighted by Crippen LogP contribution is -2.34. The van der Waals surface area contributed by atoms with Gasteiger partial charge in [-0.25, -0.2) is 0 Å². The SMILES string of the molecule is Cl.O=C(c1cc(-c2ccc(Cl)s2)on1)N1CCCNCC1. The lowest BCUT2D eigenvalue weighted by molar-refractivity contribution is 0.0756. The maximum absolute atomic E-state index is 12.4. The molecule has 2 aromatic rings. The smallest absolute Gasteiger partial charge is 0.276 e. The van der Waals surface area contributed by atoms with E-state index < -0.39 is 0 Å². The van der Waals surface area contributed by atoms with Crippen LogP contribution in [0.4, 0.5) is 0 Å². The van der Waals surface area contributed by atoms with Gasteiger partial charge in [-0.1, -0.05) is 16.8 Å². The van der Waals surface area contributed by atoms with Crippen molar-refractivity contribution < 1.29 is 9.32 Å². The van der Waals surface area contributed by atoms with Crippen LogP contribution in [-0.2, 0) is 0 Å². The standard InChI is InChI=1S/C13H14ClN3O2S.ClH/c14-12-3-2-11(20-12)10-8-9(16-19-10)13(18)17-6-1-4-15-5-7-17;/h2-3,8,15H,1,4-7H2;1H. The number of thiophene rings is 1. The van der Waals surface area contributed by atoms with E-state index >= 15 is 0 Å². The highest BCUT2D eigenvalue weighted by atomic mass is 35.5. The largest absolute Gasteiger partial charge is 0.355 e. The molecule has 0 aromatic carbocycles. The molecule has 0 aliphatic carbocycles. The molecular weight excluding hydrogens is 333 g/mol. The summed E-state index contributed by atoms with van der Waals surface area (Å²) in [4.78, 5) is 15.0. The van der Waals surface area contributed by atoms with Gasteiger partial charge in [-0.3, -0.25) is 4.79 Å². The fourth-order valence-electron chi connectivity index (χ4n) is 2.15. The summed E-state index contributed by atoms with van der Waals surface area (Å²) in [5.41, 5.74) is 0.353. The molecule has 0 unspecified atom stereocenters. The Balaban J connectivity index is 0.00000161. The molecule has 1 saturated heterocycles. The molecule has 21 heavy (non-hydrogen) atoms. The van der Waals surface area contributed by atoms with Crippen molar-refractivity contribution in [2.75, 3.05) is 26.2 Å². The van der Waals surface area contributed by atoms with Crippen LogP contribution in [0.25, 0.3) is 10.6 Å². The van der Waals surface area contributed by atoms with Crippen molar-refractivity contribution in [3.05, 3.63) is 28.2 Å². The molecule has 0 radical (unpaired) electrons. The molecule has 5 nitrogen and oxygen atoms in total. The number of carbonyl (C=O) groups excluding carboxylic acids is 1. The van der Waals surface area contributed by atoms with Crippen LogP contribution in [0.2, 0.25) is 4.34 Å². The van der Waals surface area contributed by atoms with Gasteiger partial charge in [0.05, 0.1) is 9.21 Å². The van der Waals surface area contributed by atoms with E-state index in [1.807, 2.05) is 11.0 Å². The molecule has 0 bridgehead atoms. The molecule has 1 amide bonds. The number of hydrogen-bond acceptors (Lipinski definition) is 5. The molecule has 114 valence electrons. The van der Waals surface area contributed by atoms with Crippen molar-refractivity contribution in [3.8, 4) is 10.6 Å². The van der Waals surface area contributed by atoms with Crippen molar-refractivity contribution >= 4 is 41.3 Å². The van der Waals surface area contributed by atoms with E-state index in [1.54, 1.807) is 12.1 Å². The van der Waals surface area contributed by atoms with E-state index in [1.165, 1.54) is 11.3 Å². The summed E-state index contributed by atoms with van der Waals surface area (Å²) in [5.74, 6) is 0.504. The lowest BCUT2D eigenvalue weighted by atomic mass is 10.3. The van der Waals surface area contributed by atoms with E-state index in [4.69, 9.17) is 16.1 Å². The number of nitrogens with zero attached hydrogens (tertiary/aromatic N) is 2. The molecule has 0 saturated carbocycles. The molecule has 8 heteroatoms. The van der Waals surface area contributed by atoms with Gasteiger partial charge in [-0.15, -0.1) is 23.7 Å². The number of halogens is 2. The third-order valence-corrected chi connectivity index (χ3v) is 4.42. The second-order valence-corrected chi connectivity index (χ2v) is 6.29. The van der Waals surface area contributed by atoms with E-state index in [0.717, 1.165) is 30.9 Å². The third kappa shape index (κ3) is 3.77. The first-order valence-electron chi connectivity index (χ1n) is 6.46. The van der Waals surface area contributed by atoms with Gasteiger partial charge in [0, 0.05) is 25.7 Å². The molecule has 1 fully saturated rings. The van der Waals surface area contributed by atoms with Crippen LogP contribution >= 0.6 is 35.3 Å². The van der Waals surface area contributed by atoms with Crippen LogP contribution in [0.3, 0.4) is 0 Å². The van der Waals surface area contributed by atoms with Gasteiger partial charge in [0.15, 0.2) is 11.5 Å². The number of nitrogens with one attached hydrogen (secondary N) is 1. The highest BCUT2D eigenvalue weighted by Gasteiger charge is 2.21. The van der Waals surface area contributed by atoms with Crippen molar-refractivity contribution in [3.63, 3.8) is 0 Å². The summed E-state index contributed by atoms with van der Waals surface area (Å²) >= 11 is 7.30. The normalized spacial score (nSPS) is 15.4. The molecular formula is C13H15Cl2N3O2S. The van der Waals surface area contributed by atoms with Crippen molar-refractivity contribution in [2.24, 2.45) is 0 Å². The van der Waals surface area contributed by atoms with E-state index in [2.05, 4.69) is 10.5 Å². The molecule has 1 aliphatic heterocycles. The van der Waals surface area contributed by atoms with Crippen LogP contribution in [0.1, 0.15) is 16.9 Å². The number of aromatic nitrogens is 1. The van der Waals surface area contributed by atoms with Crippen molar-refractivity contribution in [1.29, 1.82) is 0 Å². The van der Waals surface area contributed by atoms with Crippen LogP contribution in [0, 0.1) is 0 Å². The summed E-state index contributed by atoms with van der Waals surface area (Å²) in [6.45, 7) is 3.21. The highest BCUT2D eigenvalue weighted by Crippen LogP contribution is 2.31. The fraction of sp³-hybridized carbons (Fsp3) is 0.385. The van der Waals surface area contributed by atoms with Crippen molar-refractivity contribution in [1.82, 2.24) is 15.4 Å². The Hall–Kier alpha value is -1.08. The Morgan fingerprint density at radius 1 is 1.38 bits per heavy atom. The van der Waals surface area contributed by atoms with Crippen LogP contribution in [0.15, 0.2) is 22.7 Å². The number of amides is 1. The second kappa shape index (κ2) is 7.26. The summed E-state index contributed by atoms with van der Waals surface area (Å²) in [6.07, 6.45) is 0.955. The van der Waals surface area contributed by atoms with Crippen LogP contribution in [-0.4, -0.2) is 42.1 Å². The summed E-state index contributed by atoms with van der Waals surface area (Å²) in [6, 6.07) is 5.34. The predicted octanol–water partition coefficient (Wildman–Crippen LogP) is 2.91. The van der Waals surface area contributed by atoms with Gasteiger partial charge in [0.2, 0.25) is 0 Å². The van der Waals surface area contributed by atoms with Gasteiger partial charge in [-0.05, 0) is 25.1 Å². The van der Waals surface area contributed by atoms with Crippen LogP contribution < -0.4 is 5.32 Å². The predicted molar refractivity (Wildman–Crippen MR) is 85.5 cm³/mol. The number of hydrogen-bond donors (Lipinski definition) is 1. The highest BCUT2D eigenvalue weighted by molar-refractivity contribution is 7.19. The minimum atomic E-state index is -0.0775. The maximum atomic E-state index is 12.4. The van der Waals surface area contributed by atoms with E-state index in [9.17, 15) is 4.79 Å². The number of carbonyl (C=O) groups is 1. The van der Waals surface area contributed by atoms with Gasteiger partial charge >= 0.3 is 0 Å². The molecule has 0 atom stereocenters. The zero-order chi connectivity index (χ0) is 13.9. The third-order valence-electron chi connectivity index (χ3n) is 3.17. The molecule has 1 N–H and O–H groups in total. The Morgan fingerprint density at radius 3 is 3.00 bits per heavy atom. The summed E-state index contributed by atoms with van der Waals surface area (Å²) in [5, 5.41) is 7.15. The molecule has 1 aliphatic rings. The molecule has 0 spiro atoms. The van der Waals surface area contributed by atoms with Gasteiger partial charge in [0.1, 0.15) is 0 Å². The van der Waals surface area contributed by atoms with Crippen molar-refractivity contribution in [2.45, 2.75) is 6.42 Å². The minimum absolute atomic E-state index is 0. The first-order chi connectivity index (χ1) is 9.74. The van der Waals surface area contributed by atoms with E-state index in [0.29, 0.717) is 22.3 Å². The maximum Gasteiger partial charge on any atom is 0.276 e. The zero-order valence-electron chi connectivity index (χ0n) is 11.2.